The van der Waals surface area contributed by atoms with Crippen molar-refractivity contribution in [3.05, 3.63) is 70.9 Å². The number of halogens is 1. The predicted molar refractivity (Wildman–Crippen MR) is 100 cm³/mol. The molecule has 0 bridgehead atoms. The highest BCUT2D eigenvalue weighted by Gasteiger charge is 2.16. The lowest BCUT2D eigenvalue weighted by Gasteiger charge is -2.03. The zero-order valence-corrected chi connectivity index (χ0v) is 14.9. The number of carbonyl (C=O) groups is 1. The van der Waals surface area contributed by atoms with Crippen molar-refractivity contribution in [2.75, 3.05) is 6.54 Å². The minimum Gasteiger partial charge on any atom is -0.361 e. The third-order valence-electron chi connectivity index (χ3n) is 4.23. The number of carbonyl (C=O) groups excluding carboxylic acids is 1. The van der Waals surface area contributed by atoms with E-state index in [9.17, 15) is 9.18 Å². The maximum Gasteiger partial charge on any atom is 0.263 e. The van der Waals surface area contributed by atoms with Crippen LogP contribution in [0.2, 0.25) is 0 Å². The first-order valence-electron chi connectivity index (χ1n) is 8.26. The highest BCUT2D eigenvalue weighted by atomic mass is 32.1. The lowest BCUT2D eigenvalue weighted by Crippen LogP contribution is -2.25. The van der Waals surface area contributed by atoms with Crippen LogP contribution >= 0.6 is 11.3 Å². The fourth-order valence-electron chi connectivity index (χ4n) is 2.91. The molecule has 0 aliphatic carbocycles. The van der Waals surface area contributed by atoms with Gasteiger partial charge in [-0.2, -0.15) is 0 Å². The van der Waals surface area contributed by atoms with Crippen molar-refractivity contribution in [2.24, 2.45) is 0 Å². The summed E-state index contributed by atoms with van der Waals surface area (Å²) in [6.07, 6.45) is 6.28. The van der Waals surface area contributed by atoms with Crippen molar-refractivity contribution >= 4 is 28.1 Å². The van der Waals surface area contributed by atoms with Gasteiger partial charge in [0.05, 0.1) is 5.69 Å². The van der Waals surface area contributed by atoms with Gasteiger partial charge in [-0.05, 0) is 49.2 Å². The van der Waals surface area contributed by atoms with Crippen LogP contribution in [0.25, 0.3) is 16.0 Å². The van der Waals surface area contributed by atoms with Crippen molar-refractivity contribution in [3.8, 4) is 5.13 Å². The van der Waals surface area contributed by atoms with Gasteiger partial charge in [-0.3, -0.25) is 4.79 Å². The first kappa shape index (κ1) is 16.5. The van der Waals surface area contributed by atoms with Gasteiger partial charge in [0, 0.05) is 36.0 Å². The van der Waals surface area contributed by atoms with Crippen molar-refractivity contribution in [1.82, 2.24) is 19.9 Å². The van der Waals surface area contributed by atoms with Crippen LogP contribution < -0.4 is 5.32 Å². The second kappa shape index (κ2) is 6.76. The topological polar surface area (TPSA) is 62.7 Å². The fraction of sp³-hybridized carbons (Fsp3) is 0.158. The number of aryl methyl sites for hydroxylation is 1. The lowest BCUT2D eigenvalue weighted by molar-refractivity contribution is 0.0957. The summed E-state index contributed by atoms with van der Waals surface area (Å²) in [6.45, 7) is 2.30. The molecule has 4 aromatic rings. The first-order chi connectivity index (χ1) is 12.6. The molecule has 3 heterocycles. The number of aromatic amines is 1. The summed E-state index contributed by atoms with van der Waals surface area (Å²) >= 11 is 1.36. The van der Waals surface area contributed by atoms with E-state index in [1.807, 2.05) is 42.2 Å². The van der Waals surface area contributed by atoms with Crippen LogP contribution in [0.4, 0.5) is 4.39 Å². The molecule has 4 rings (SSSR count). The number of rotatable bonds is 5. The van der Waals surface area contributed by atoms with Crippen LogP contribution in [0.1, 0.15) is 20.9 Å². The van der Waals surface area contributed by atoms with Gasteiger partial charge in [-0.25, -0.2) is 9.37 Å². The molecular weight excluding hydrogens is 351 g/mol. The lowest BCUT2D eigenvalue weighted by atomic mass is 10.1. The Morgan fingerprint density at radius 1 is 1.35 bits per heavy atom. The summed E-state index contributed by atoms with van der Waals surface area (Å²) < 4.78 is 15.3. The molecule has 0 fully saturated rings. The van der Waals surface area contributed by atoms with E-state index >= 15 is 0 Å². The molecule has 0 radical (unpaired) electrons. The van der Waals surface area contributed by atoms with E-state index in [1.165, 1.54) is 23.5 Å². The number of benzene rings is 1. The SMILES string of the molecule is Cc1nc(-n2cccc2)sc1C(=O)NCCc1c[nH]c2ccc(F)cc12. The van der Waals surface area contributed by atoms with Gasteiger partial charge >= 0.3 is 0 Å². The Morgan fingerprint density at radius 2 is 2.15 bits per heavy atom. The van der Waals surface area contributed by atoms with Crippen molar-refractivity contribution in [3.63, 3.8) is 0 Å². The molecule has 0 aliphatic rings. The van der Waals surface area contributed by atoms with Gasteiger partial charge in [0.1, 0.15) is 10.7 Å². The fourth-order valence-corrected chi connectivity index (χ4v) is 3.86. The molecule has 5 nitrogen and oxygen atoms in total. The maximum absolute atomic E-state index is 13.4. The molecule has 1 aromatic carbocycles. The minimum atomic E-state index is -0.264. The third kappa shape index (κ3) is 3.13. The molecule has 2 N–H and O–H groups in total. The van der Waals surface area contributed by atoms with Gasteiger partial charge in [0.25, 0.3) is 5.91 Å². The summed E-state index contributed by atoms with van der Waals surface area (Å²) in [5.74, 6) is -0.398. The molecule has 0 aliphatic heterocycles. The molecule has 7 heteroatoms. The standard InChI is InChI=1S/C19H17FN4OS/c1-12-17(26-19(23-12)24-8-2-3-9-24)18(25)21-7-6-13-11-22-16-5-4-14(20)10-15(13)16/h2-5,8-11,22H,6-7H2,1H3,(H,21,25). The van der Waals surface area contributed by atoms with Gasteiger partial charge in [0.15, 0.2) is 5.13 Å². The number of aromatic nitrogens is 3. The number of fused-ring (bicyclic) bond motifs is 1. The largest absolute Gasteiger partial charge is 0.361 e. The number of H-pyrrole nitrogens is 1. The average Bonchev–Trinajstić information content (AvgIpc) is 3.34. The number of hydrogen-bond acceptors (Lipinski definition) is 3. The zero-order chi connectivity index (χ0) is 18.1. The molecule has 0 spiro atoms. The molecule has 132 valence electrons. The molecule has 3 aromatic heterocycles. The predicted octanol–water partition coefficient (Wildman–Crippen LogP) is 3.84. The monoisotopic (exact) mass is 368 g/mol. The Bertz CT molecular complexity index is 1060. The van der Waals surface area contributed by atoms with Crippen LogP contribution in [0, 0.1) is 12.7 Å². The van der Waals surface area contributed by atoms with Gasteiger partial charge in [-0.15, -0.1) is 0 Å². The second-order valence-corrected chi connectivity index (χ2v) is 6.99. The number of thiazole rings is 1. The van der Waals surface area contributed by atoms with E-state index in [0.717, 1.165) is 21.6 Å². The summed E-state index contributed by atoms with van der Waals surface area (Å²) in [7, 11) is 0. The van der Waals surface area contributed by atoms with Gasteiger partial charge in [-0.1, -0.05) is 11.3 Å². The van der Waals surface area contributed by atoms with Crippen molar-refractivity contribution < 1.29 is 9.18 Å². The van der Waals surface area contributed by atoms with Gasteiger partial charge < -0.3 is 14.9 Å². The van der Waals surface area contributed by atoms with E-state index in [0.29, 0.717) is 23.5 Å². The van der Waals surface area contributed by atoms with Crippen molar-refractivity contribution in [1.29, 1.82) is 0 Å². The molecule has 0 saturated carbocycles. The van der Waals surface area contributed by atoms with Crippen LogP contribution in [0.15, 0.2) is 48.9 Å². The normalized spacial score (nSPS) is 11.2. The Labute approximate surface area is 153 Å². The van der Waals surface area contributed by atoms with Crippen molar-refractivity contribution in [2.45, 2.75) is 13.3 Å². The molecule has 0 atom stereocenters. The summed E-state index contributed by atoms with van der Waals surface area (Å²) in [5, 5.41) is 4.55. The molecular formula is C19H17FN4OS. The first-order valence-corrected chi connectivity index (χ1v) is 9.08. The maximum atomic E-state index is 13.4. The van der Waals surface area contributed by atoms with Crippen LogP contribution in [-0.4, -0.2) is 27.0 Å². The quantitative estimate of drug-likeness (QED) is 0.562. The summed E-state index contributed by atoms with van der Waals surface area (Å²) in [5.41, 5.74) is 2.58. The molecule has 0 saturated heterocycles. The second-order valence-electron chi connectivity index (χ2n) is 6.01. The van der Waals surface area contributed by atoms with E-state index in [2.05, 4.69) is 15.3 Å². The Morgan fingerprint density at radius 3 is 2.96 bits per heavy atom. The molecule has 1 amide bonds. The van der Waals surface area contributed by atoms with E-state index in [-0.39, 0.29) is 11.7 Å². The summed E-state index contributed by atoms with van der Waals surface area (Å²) in [4.78, 5) is 20.7. The molecule has 26 heavy (non-hydrogen) atoms. The third-order valence-corrected chi connectivity index (χ3v) is 5.40. The smallest absolute Gasteiger partial charge is 0.263 e. The van der Waals surface area contributed by atoms with E-state index < -0.39 is 0 Å². The zero-order valence-electron chi connectivity index (χ0n) is 14.1. The Balaban J connectivity index is 1.43. The average molecular weight is 368 g/mol. The number of hydrogen-bond donors (Lipinski definition) is 2. The van der Waals surface area contributed by atoms with Gasteiger partial charge in [0.2, 0.25) is 0 Å². The highest BCUT2D eigenvalue weighted by Crippen LogP contribution is 2.22. The van der Waals surface area contributed by atoms with E-state index in [4.69, 9.17) is 0 Å². The minimum absolute atomic E-state index is 0.135. The van der Waals surface area contributed by atoms with E-state index in [1.54, 1.807) is 6.07 Å². The summed E-state index contributed by atoms with van der Waals surface area (Å²) in [6, 6.07) is 8.50. The number of nitrogens with one attached hydrogen (secondary N) is 2. The Kier molecular flexibility index (Phi) is 4.30. The number of amides is 1. The van der Waals surface area contributed by atoms with Crippen LogP contribution in [0.5, 0.6) is 0 Å². The molecule has 0 unspecified atom stereocenters. The Hall–Kier alpha value is -2.93. The van der Waals surface area contributed by atoms with Crippen LogP contribution in [-0.2, 0) is 6.42 Å². The van der Waals surface area contributed by atoms with Crippen LogP contribution in [0.3, 0.4) is 0 Å². The number of nitrogens with zero attached hydrogens (tertiary/aromatic N) is 2. The highest BCUT2D eigenvalue weighted by molar-refractivity contribution is 7.16.